The Morgan fingerprint density at radius 2 is 1.03 bits per heavy atom. The van der Waals surface area contributed by atoms with Crippen LogP contribution in [-0.4, -0.2) is 92.8 Å². The smallest absolute Gasteiger partial charge is 0.468 e. The molecular formula is C22H48O8S5Si2. The molecule has 0 aromatic heterocycles. The van der Waals surface area contributed by atoms with Gasteiger partial charge in [0.25, 0.3) is 0 Å². The maximum atomic E-state index is 10.3. The molecule has 0 N–H and O–H groups in total. The Hall–Kier alpha value is 1.41. The van der Waals surface area contributed by atoms with Gasteiger partial charge < -0.3 is 31.3 Å². The molecule has 0 spiro atoms. The zero-order valence-electron chi connectivity index (χ0n) is 23.6. The number of ether oxygens (including phenoxy) is 1. The van der Waals surface area contributed by atoms with Gasteiger partial charge in [0.05, 0.1) is 7.11 Å². The van der Waals surface area contributed by atoms with Crippen molar-refractivity contribution < 1.29 is 36.1 Å². The van der Waals surface area contributed by atoms with Crippen LogP contribution in [0, 0.1) is 0 Å². The topological polar surface area (TPSA) is 81.7 Å². The lowest BCUT2D eigenvalue weighted by Crippen LogP contribution is -2.46. The third kappa shape index (κ3) is 19.2. The van der Waals surface area contributed by atoms with Gasteiger partial charge in [0, 0.05) is 69.0 Å². The highest BCUT2D eigenvalue weighted by atomic mass is 33.7. The third-order valence-electron chi connectivity index (χ3n) is 4.53. The van der Waals surface area contributed by atoms with Crippen LogP contribution < -0.4 is 0 Å². The van der Waals surface area contributed by atoms with E-state index in [1.807, 2.05) is 82.8 Å². The molecule has 0 saturated carbocycles. The van der Waals surface area contributed by atoms with E-state index in [1.165, 1.54) is 7.11 Å². The number of carbonyl (C=O) groups is 1. The van der Waals surface area contributed by atoms with Gasteiger partial charge in [0.2, 0.25) is 0 Å². The molecule has 8 nitrogen and oxygen atoms in total. The summed E-state index contributed by atoms with van der Waals surface area (Å²) in [6.45, 7) is 15.8. The van der Waals surface area contributed by atoms with Gasteiger partial charge in [-0.2, -0.15) is 0 Å². The molecule has 1 aliphatic heterocycles. The van der Waals surface area contributed by atoms with Crippen molar-refractivity contribution in [3.63, 3.8) is 0 Å². The standard InChI is InChI=1S/C18H42O6S4Si2.C4H6O2S/c1-7-19-29(20-8-2,21-9-3)17-13-15-25-27-28-26-16-14-18-30(22-10-4,23-11-5)24-12-6;1-6-4(5)3-2-7-3/h7-18H2,1-6H3;3H,2H2,1H3. The Bertz CT molecular complexity index is 485. The second-order valence-electron chi connectivity index (χ2n) is 7.30. The van der Waals surface area contributed by atoms with Gasteiger partial charge in [-0.05, 0) is 74.0 Å². The average molecular weight is 657 g/mol. The monoisotopic (exact) mass is 656 g/mol. The van der Waals surface area contributed by atoms with Crippen LogP contribution in [0.1, 0.15) is 54.4 Å². The second-order valence-corrected chi connectivity index (χ2v) is 20.2. The van der Waals surface area contributed by atoms with E-state index in [4.69, 9.17) is 26.6 Å². The summed E-state index contributed by atoms with van der Waals surface area (Å²) in [5.41, 5.74) is 0. The van der Waals surface area contributed by atoms with Crippen LogP contribution in [0.2, 0.25) is 12.1 Å². The lowest BCUT2D eigenvalue weighted by Gasteiger charge is -2.28. The van der Waals surface area contributed by atoms with E-state index < -0.39 is 17.6 Å². The van der Waals surface area contributed by atoms with Crippen LogP contribution in [0.3, 0.4) is 0 Å². The highest BCUT2D eigenvalue weighted by molar-refractivity contribution is 9.26. The van der Waals surface area contributed by atoms with Crippen LogP contribution in [-0.2, 0) is 36.1 Å². The number of esters is 1. The lowest BCUT2D eigenvalue weighted by atomic mass is 10.5. The van der Waals surface area contributed by atoms with Crippen molar-refractivity contribution in [2.75, 3.05) is 64.0 Å². The molecule has 0 aromatic rings. The van der Waals surface area contributed by atoms with Gasteiger partial charge in [0.15, 0.2) is 0 Å². The molecule has 0 bridgehead atoms. The van der Waals surface area contributed by atoms with E-state index in [0.29, 0.717) is 39.6 Å². The maximum Gasteiger partial charge on any atom is 0.500 e. The van der Waals surface area contributed by atoms with Crippen molar-refractivity contribution in [1.29, 1.82) is 0 Å². The Labute approximate surface area is 247 Å². The number of thioether (sulfide) groups is 1. The van der Waals surface area contributed by atoms with Crippen LogP contribution in [0.5, 0.6) is 0 Å². The molecule has 1 rings (SSSR count). The zero-order valence-corrected chi connectivity index (χ0v) is 29.7. The summed E-state index contributed by atoms with van der Waals surface area (Å²) in [4.78, 5) is 10.3. The summed E-state index contributed by atoms with van der Waals surface area (Å²) in [5, 5.41) is 0.171. The van der Waals surface area contributed by atoms with E-state index in [9.17, 15) is 4.79 Å². The third-order valence-corrected chi connectivity index (χ3v) is 18.3. The fourth-order valence-electron chi connectivity index (χ4n) is 3.12. The molecule has 15 heteroatoms. The first-order chi connectivity index (χ1) is 17.9. The molecular weight excluding hydrogens is 609 g/mol. The molecule has 222 valence electrons. The van der Waals surface area contributed by atoms with Gasteiger partial charge in [-0.3, -0.25) is 4.79 Å². The van der Waals surface area contributed by atoms with E-state index in [1.54, 1.807) is 11.8 Å². The normalized spacial score (nSPS) is 15.3. The Morgan fingerprint density at radius 3 is 1.24 bits per heavy atom. The Kier molecular flexibility index (Phi) is 26.1. The minimum Gasteiger partial charge on any atom is -0.468 e. The number of hydrogen-bond acceptors (Lipinski definition) is 13. The van der Waals surface area contributed by atoms with Gasteiger partial charge in [-0.25, -0.2) is 0 Å². The Morgan fingerprint density at radius 1 is 0.703 bits per heavy atom. The second kappa shape index (κ2) is 25.1. The highest BCUT2D eigenvalue weighted by Crippen LogP contribution is 2.44. The van der Waals surface area contributed by atoms with Crippen molar-refractivity contribution in [3.05, 3.63) is 0 Å². The number of methoxy groups -OCH3 is 1. The predicted octanol–water partition coefficient (Wildman–Crippen LogP) is 6.82. The van der Waals surface area contributed by atoms with Crippen molar-refractivity contribution in [2.45, 2.75) is 71.7 Å². The largest absolute Gasteiger partial charge is 0.500 e. The van der Waals surface area contributed by atoms with Crippen LogP contribution >= 0.6 is 53.0 Å². The van der Waals surface area contributed by atoms with Crippen molar-refractivity contribution >= 4 is 76.6 Å². The van der Waals surface area contributed by atoms with Crippen molar-refractivity contribution in [2.24, 2.45) is 0 Å². The molecule has 1 heterocycles. The molecule has 0 radical (unpaired) electrons. The molecule has 0 aromatic carbocycles. The number of carbonyl (C=O) groups excluding carboxylic acids is 1. The minimum absolute atomic E-state index is 0.0787. The molecule has 1 saturated heterocycles. The quantitative estimate of drug-likeness (QED) is 0.0359. The summed E-state index contributed by atoms with van der Waals surface area (Å²) >= 11 is 1.63. The van der Waals surface area contributed by atoms with Crippen LogP contribution in [0.15, 0.2) is 0 Å². The molecule has 1 aliphatic rings. The van der Waals surface area contributed by atoms with E-state index in [-0.39, 0.29) is 11.2 Å². The summed E-state index contributed by atoms with van der Waals surface area (Å²) in [6, 6.07) is 1.76. The maximum absolute atomic E-state index is 10.3. The fourth-order valence-corrected chi connectivity index (χ4v) is 15.5. The molecule has 0 amide bonds. The van der Waals surface area contributed by atoms with E-state index in [2.05, 4.69) is 4.74 Å². The first kappa shape index (κ1) is 38.4. The first-order valence-corrected chi connectivity index (χ1v) is 23.1. The molecule has 37 heavy (non-hydrogen) atoms. The zero-order chi connectivity index (χ0) is 27.8. The highest BCUT2D eigenvalue weighted by Gasteiger charge is 2.40. The molecule has 1 unspecified atom stereocenters. The molecule has 1 fully saturated rings. The fraction of sp³-hybridized carbons (Fsp3) is 0.955. The number of hydrogen-bond donors (Lipinski definition) is 0. The average Bonchev–Trinajstić information content (AvgIpc) is 3.72. The van der Waals surface area contributed by atoms with Gasteiger partial charge in [-0.15, -0.1) is 11.8 Å². The predicted molar refractivity (Wildman–Crippen MR) is 168 cm³/mol. The van der Waals surface area contributed by atoms with Gasteiger partial charge >= 0.3 is 23.6 Å². The van der Waals surface area contributed by atoms with Gasteiger partial charge in [0.1, 0.15) is 5.25 Å². The minimum atomic E-state index is -2.49. The van der Waals surface area contributed by atoms with E-state index >= 15 is 0 Å². The number of rotatable bonds is 24. The summed E-state index contributed by atoms with van der Waals surface area (Å²) in [5.74, 6) is 3.00. The van der Waals surface area contributed by atoms with Crippen molar-refractivity contribution in [1.82, 2.24) is 0 Å². The Balaban J connectivity index is 0.00000158. The summed E-state index contributed by atoms with van der Waals surface area (Å²) in [6.07, 6.45) is 2.08. The van der Waals surface area contributed by atoms with Crippen molar-refractivity contribution in [3.8, 4) is 0 Å². The lowest BCUT2D eigenvalue weighted by molar-refractivity contribution is -0.138. The SMILES string of the molecule is CCO[Si](CCCSSSSCCC[Si](OCC)(OCC)OCC)(OCC)OCC.COC(=O)C1CS1. The molecule has 1 atom stereocenters. The summed E-state index contributed by atoms with van der Waals surface area (Å²) in [7, 11) is 3.89. The van der Waals surface area contributed by atoms with Crippen LogP contribution in [0.4, 0.5) is 0 Å². The summed E-state index contributed by atoms with van der Waals surface area (Å²) < 4.78 is 39.8. The van der Waals surface area contributed by atoms with Crippen LogP contribution in [0.25, 0.3) is 0 Å². The van der Waals surface area contributed by atoms with Gasteiger partial charge in [-0.1, -0.05) is 21.6 Å². The van der Waals surface area contributed by atoms with E-state index in [0.717, 1.165) is 42.2 Å². The molecule has 0 aliphatic carbocycles. The first-order valence-electron chi connectivity index (χ1n) is 13.0.